The van der Waals surface area contributed by atoms with Crippen LogP contribution in [0.5, 0.6) is 0 Å². The molecule has 24 heavy (non-hydrogen) atoms. The van der Waals surface area contributed by atoms with Crippen molar-refractivity contribution in [1.82, 2.24) is 0 Å². The summed E-state index contributed by atoms with van der Waals surface area (Å²) in [5.74, 6) is 1.16. The van der Waals surface area contributed by atoms with Gasteiger partial charge in [0.05, 0.1) is 5.75 Å². The zero-order valence-corrected chi connectivity index (χ0v) is 16.0. The third-order valence-electron chi connectivity index (χ3n) is 4.45. The lowest BCUT2D eigenvalue weighted by molar-refractivity contribution is -0.113. The van der Waals surface area contributed by atoms with Gasteiger partial charge in [0.1, 0.15) is 0 Å². The smallest absolute Gasteiger partial charge is 0.234 e. The molecule has 1 aliphatic rings. The van der Waals surface area contributed by atoms with Gasteiger partial charge in [-0.05, 0) is 60.7 Å². The minimum absolute atomic E-state index is 0.0355. The summed E-state index contributed by atoms with van der Waals surface area (Å²) in [4.78, 5) is 13.2. The maximum atomic E-state index is 12.1. The van der Waals surface area contributed by atoms with Gasteiger partial charge in [-0.1, -0.05) is 47.3 Å². The van der Waals surface area contributed by atoms with Crippen molar-refractivity contribution < 1.29 is 4.79 Å². The molecule has 0 aliphatic heterocycles. The highest BCUT2D eigenvalue weighted by Crippen LogP contribution is 2.33. The molecule has 0 radical (unpaired) electrons. The predicted octanol–water partition coefficient (Wildman–Crippen LogP) is 6.23. The predicted molar refractivity (Wildman–Crippen MR) is 106 cm³/mol. The van der Waals surface area contributed by atoms with Crippen molar-refractivity contribution in [1.29, 1.82) is 0 Å². The van der Waals surface area contributed by atoms with Crippen LogP contribution in [0.2, 0.25) is 0 Å². The van der Waals surface area contributed by atoms with Gasteiger partial charge in [-0.3, -0.25) is 4.79 Å². The van der Waals surface area contributed by atoms with E-state index in [1.54, 1.807) is 11.8 Å². The molecule has 1 fully saturated rings. The van der Waals surface area contributed by atoms with E-state index in [2.05, 4.69) is 33.4 Å². The fraction of sp³-hybridized carbons (Fsp3) is 0.350. The molecule has 0 atom stereocenters. The first kappa shape index (κ1) is 17.6. The zero-order valence-electron chi connectivity index (χ0n) is 13.6. The summed E-state index contributed by atoms with van der Waals surface area (Å²) in [6, 6.07) is 16.4. The molecule has 0 bridgehead atoms. The van der Waals surface area contributed by atoms with Crippen LogP contribution in [0.25, 0.3) is 0 Å². The van der Waals surface area contributed by atoms with E-state index < -0.39 is 0 Å². The normalized spacial score (nSPS) is 15.2. The summed E-state index contributed by atoms with van der Waals surface area (Å²) in [7, 11) is 0. The molecule has 0 spiro atoms. The highest BCUT2D eigenvalue weighted by atomic mass is 79.9. The second kappa shape index (κ2) is 8.72. The van der Waals surface area contributed by atoms with Gasteiger partial charge in [-0.2, -0.15) is 0 Å². The lowest BCUT2D eigenvalue weighted by atomic mass is 9.84. The molecule has 2 aromatic carbocycles. The molecule has 0 heterocycles. The number of hydrogen-bond acceptors (Lipinski definition) is 2. The molecule has 1 amide bonds. The van der Waals surface area contributed by atoms with Crippen molar-refractivity contribution >= 4 is 39.3 Å². The van der Waals surface area contributed by atoms with E-state index in [0.717, 1.165) is 15.1 Å². The van der Waals surface area contributed by atoms with Crippen molar-refractivity contribution in [2.45, 2.75) is 42.9 Å². The fourth-order valence-corrected chi connectivity index (χ4v) is 4.11. The minimum Gasteiger partial charge on any atom is -0.325 e. The van der Waals surface area contributed by atoms with Crippen molar-refractivity contribution in [2.24, 2.45) is 0 Å². The van der Waals surface area contributed by atoms with Crippen LogP contribution in [0.1, 0.15) is 43.6 Å². The maximum absolute atomic E-state index is 12.1. The Morgan fingerprint density at radius 2 is 1.67 bits per heavy atom. The van der Waals surface area contributed by atoms with Crippen LogP contribution in [0, 0.1) is 0 Å². The first-order valence-electron chi connectivity index (χ1n) is 8.49. The number of thioether (sulfide) groups is 1. The summed E-state index contributed by atoms with van der Waals surface area (Å²) in [6.45, 7) is 0. The third-order valence-corrected chi connectivity index (χ3v) is 6.00. The molecule has 0 aromatic heterocycles. The Labute approximate surface area is 156 Å². The Bertz CT molecular complexity index is 663. The number of anilines is 1. The lowest BCUT2D eigenvalue weighted by Crippen LogP contribution is -2.14. The maximum Gasteiger partial charge on any atom is 0.234 e. The fourth-order valence-electron chi connectivity index (χ4n) is 3.15. The molecule has 4 heteroatoms. The van der Waals surface area contributed by atoms with Gasteiger partial charge in [0, 0.05) is 15.1 Å². The van der Waals surface area contributed by atoms with Gasteiger partial charge in [0.2, 0.25) is 5.91 Å². The lowest BCUT2D eigenvalue weighted by Gasteiger charge is -2.22. The molecular weight excluding hydrogens is 382 g/mol. The Balaban J connectivity index is 1.49. The Kier molecular flexibility index (Phi) is 6.38. The number of carbonyl (C=O) groups is 1. The van der Waals surface area contributed by atoms with Gasteiger partial charge < -0.3 is 5.32 Å². The van der Waals surface area contributed by atoms with E-state index in [9.17, 15) is 4.79 Å². The number of nitrogens with one attached hydrogen (secondary N) is 1. The van der Waals surface area contributed by atoms with E-state index in [0.29, 0.717) is 11.7 Å². The van der Waals surface area contributed by atoms with E-state index in [4.69, 9.17) is 0 Å². The van der Waals surface area contributed by atoms with Gasteiger partial charge in [-0.25, -0.2) is 0 Å². The molecule has 1 aliphatic carbocycles. The molecule has 3 rings (SSSR count). The van der Waals surface area contributed by atoms with Crippen molar-refractivity contribution in [3.63, 3.8) is 0 Å². The number of hydrogen-bond donors (Lipinski definition) is 1. The summed E-state index contributed by atoms with van der Waals surface area (Å²) in [5, 5.41) is 2.98. The van der Waals surface area contributed by atoms with Gasteiger partial charge in [0.15, 0.2) is 0 Å². The average molecular weight is 404 g/mol. The molecule has 126 valence electrons. The largest absolute Gasteiger partial charge is 0.325 e. The van der Waals surface area contributed by atoms with Crippen LogP contribution >= 0.6 is 27.7 Å². The Morgan fingerprint density at radius 3 is 2.33 bits per heavy atom. The molecule has 0 unspecified atom stereocenters. The molecule has 1 saturated carbocycles. The van der Waals surface area contributed by atoms with Crippen LogP contribution in [0.3, 0.4) is 0 Å². The van der Waals surface area contributed by atoms with Crippen molar-refractivity contribution in [3.05, 3.63) is 58.6 Å². The van der Waals surface area contributed by atoms with E-state index in [1.807, 2.05) is 36.4 Å². The Hall–Kier alpha value is -1.26. The number of halogens is 1. The minimum atomic E-state index is 0.0355. The number of amides is 1. The van der Waals surface area contributed by atoms with E-state index in [-0.39, 0.29) is 5.91 Å². The molecule has 2 nitrogen and oxygen atoms in total. The first-order chi connectivity index (χ1) is 11.7. The molecular formula is C20H22BrNOS. The van der Waals surface area contributed by atoms with E-state index >= 15 is 0 Å². The second-order valence-electron chi connectivity index (χ2n) is 6.25. The van der Waals surface area contributed by atoms with Crippen LogP contribution in [0.15, 0.2) is 57.9 Å². The zero-order chi connectivity index (χ0) is 16.8. The number of rotatable bonds is 5. The number of benzene rings is 2. The van der Waals surface area contributed by atoms with Crippen molar-refractivity contribution in [2.75, 3.05) is 11.1 Å². The summed E-state index contributed by atoms with van der Waals surface area (Å²) >= 11 is 4.97. The Morgan fingerprint density at radius 1 is 1.00 bits per heavy atom. The average Bonchev–Trinajstić information content (AvgIpc) is 2.63. The topological polar surface area (TPSA) is 29.1 Å². The van der Waals surface area contributed by atoms with Gasteiger partial charge in [0.25, 0.3) is 0 Å². The monoisotopic (exact) mass is 403 g/mol. The molecule has 1 N–H and O–H groups in total. The summed E-state index contributed by atoms with van der Waals surface area (Å²) in [5.41, 5.74) is 2.30. The standard InChI is InChI=1S/C20H22BrNOS/c21-17-8-12-19(13-9-17)24-14-20(23)22-18-10-6-16(7-11-18)15-4-2-1-3-5-15/h6-13,15H,1-5,14H2,(H,22,23). The highest BCUT2D eigenvalue weighted by Gasteiger charge is 2.15. The molecule has 0 saturated heterocycles. The van der Waals surface area contributed by atoms with Crippen LogP contribution in [-0.2, 0) is 4.79 Å². The highest BCUT2D eigenvalue weighted by molar-refractivity contribution is 9.10. The van der Waals surface area contributed by atoms with Crippen molar-refractivity contribution in [3.8, 4) is 0 Å². The van der Waals surface area contributed by atoms with Crippen LogP contribution in [-0.4, -0.2) is 11.7 Å². The van der Waals surface area contributed by atoms with E-state index in [1.165, 1.54) is 37.7 Å². The third kappa shape index (κ3) is 5.12. The van der Waals surface area contributed by atoms with Gasteiger partial charge >= 0.3 is 0 Å². The quantitative estimate of drug-likeness (QED) is 0.599. The van der Waals surface area contributed by atoms with Crippen LogP contribution in [0.4, 0.5) is 5.69 Å². The SMILES string of the molecule is O=C(CSc1ccc(Br)cc1)Nc1ccc(C2CCCCC2)cc1. The summed E-state index contributed by atoms with van der Waals surface area (Å²) < 4.78 is 1.05. The number of carbonyl (C=O) groups excluding carboxylic acids is 1. The molecule has 2 aromatic rings. The second-order valence-corrected chi connectivity index (χ2v) is 8.21. The summed E-state index contributed by atoms with van der Waals surface area (Å²) in [6.07, 6.45) is 6.67. The van der Waals surface area contributed by atoms with Gasteiger partial charge in [-0.15, -0.1) is 11.8 Å². The van der Waals surface area contributed by atoms with Crippen LogP contribution < -0.4 is 5.32 Å². The first-order valence-corrected chi connectivity index (χ1v) is 10.3.